The number of halogens is 2. The molecule has 1 aliphatic heterocycles. The quantitative estimate of drug-likeness (QED) is 0.236. The van der Waals surface area contributed by atoms with Crippen LogP contribution in [0.2, 0.25) is 0 Å². The summed E-state index contributed by atoms with van der Waals surface area (Å²) in [6, 6.07) is 5.92. The van der Waals surface area contributed by atoms with Gasteiger partial charge in [-0.05, 0) is 49.6 Å². The summed E-state index contributed by atoms with van der Waals surface area (Å²) in [4.78, 5) is 51.4. The zero-order chi connectivity index (χ0) is 32.6. The second-order valence-corrected chi connectivity index (χ2v) is 11.3. The average Bonchev–Trinajstić information content (AvgIpc) is 3.01. The van der Waals surface area contributed by atoms with Crippen molar-refractivity contribution >= 4 is 23.0 Å². The summed E-state index contributed by atoms with van der Waals surface area (Å²) in [5, 5.41) is 13.3. The molecule has 0 unspecified atom stereocenters. The predicted octanol–water partition coefficient (Wildman–Crippen LogP) is 4.25. The molecule has 234 valence electrons. The highest BCUT2D eigenvalue weighted by Crippen LogP contribution is 2.34. The Labute approximate surface area is 258 Å². The molecule has 4 aromatic rings. The van der Waals surface area contributed by atoms with E-state index in [1.54, 1.807) is 31.0 Å². The lowest BCUT2D eigenvalue weighted by Gasteiger charge is -2.29. The van der Waals surface area contributed by atoms with Crippen LogP contribution in [-0.2, 0) is 4.79 Å². The van der Waals surface area contributed by atoms with Gasteiger partial charge in [0, 0.05) is 38.7 Å². The number of rotatable bonds is 7. The maximum Gasteiger partial charge on any atom is 0.337 e. The number of nitrogens with zero attached hydrogens (tertiary/aromatic N) is 5. The molecule has 4 heterocycles. The number of piperidine rings is 1. The monoisotopic (exact) mass is 617 g/mol. The lowest BCUT2D eigenvalue weighted by atomic mass is 10.0. The minimum atomic E-state index is -0.963. The molecule has 3 aromatic heterocycles. The fourth-order valence-corrected chi connectivity index (χ4v) is 5.96. The number of nitrogens with one attached hydrogen (secondary N) is 1. The number of phenolic OH excluding ortho intramolecular Hbond substituents is 1. The molecule has 45 heavy (non-hydrogen) atoms. The van der Waals surface area contributed by atoms with Crippen molar-refractivity contribution in [3.05, 3.63) is 88.1 Å². The van der Waals surface area contributed by atoms with Crippen molar-refractivity contribution in [2.75, 3.05) is 19.6 Å². The summed E-state index contributed by atoms with van der Waals surface area (Å²) >= 11 is 0. The molecule has 5 rings (SSSR count). The fraction of sp³-hybridized carbons (Fsp3) is 0.333. The SMILES string of the molecule is C=CC(=O)N1CCC([n+]2c(C(=O)NCC)c(=O)n(-c3c(C)ccnc3C(C)C)c3nc(-c4c(O)cccc4F)c(F)cc32)CC1. The van der Waals surface area contributed by atoms with Gasteiger partial charge in [0.25, 0.3) is 5.52 Å². The standard InChI is InChI=1S/C33H34F2N6O4/c1-6-25(43)39-15-12-20(13-16-39)40-23-17-22(35)28(26-21(34)9-8-10-24(26)42)38-31(23)41(33(45)30(40)32(44)36-7-2)29-19(5)11-14-37-27(29)18(3)4/h6,8-11,14,17-18,20H,1,7,12-13,15-16H2,2-5H3,(H-,36,38,42,44,45)/p+1. The number of hydrogen-bond donors (Lipinski definition) is 2. The van der Waals surface area contributed by atoms with Crippen molar-refractivity contribution in [3.8, 4) is 22.7 Å². The molecule has 0 aliphatic carbocycles. The molecule has 1 fully saturated rings. The molecule has 1 aliphatic rings. The number of aromatic nitrogens is 4. The first-order valence-electron chi connectivity index (χ1n) is 14.8. The van der Waals surface area contributed by atoms with E-state index in [-0.39, 0.29) is 35.2 Å². The maximum absolute atomic E-state index is 16.1. The molecule has 12 heteroatoms. The summed E-state index contributed by atoms with van der Waals surface area (Å²) in [7, 11) is 0. The highest BCUT2D eigenvalue weighted by atomic mass is 19.1. The van der Waals surface area contributed by atoms with Gasteiger partial charge < -0.3 is 15.3 Å². The van der Waals surface area contributed by atoms with E-state index in [0.717, 1.165) is 12.1 Å². The first-order valence-corrected chi connectivity index (χ1v) is 14.8. The van der Waals surface area contributed by atoms with E-state index < -0.39 is 46.1 Å². The Morgan fingerprint density at radius 1 is 1.20 bits per heavy atom. The van der Waals surface area contributed by atoms with Crippen molar-refractivity contribution in [1.82, 2.24) is 24.8 Å². The predicted molar refractivity (Wildman–Crippen MR) is 164 cm³/mol. The molecular weight excluding hydrogens is 582 g/mol. The molecule has 0 spiro atoms. The highest BCUT2D eigenvalue weighted by molar-refractivity contribution is 5.92. The zero-order valence-electron chi connectivity index (χ0n) is 25.6. The van der Waals surface area contributed by atoms with Crippen molar-refractivity contribution in [3.63, 3.8) is 0 Å². The van der Waals surface area contributed by atoms with E-state index in [1.807, 2.05) is 13.8 Å². The van der Waals surface area contributed by atoms with E-state index >= 15 is 8.78 Å². The number of benzene rings is 1. The normalized spacial score (nSPS) is 13.8. The van der Waals surface area contributed by atoms with Gasteiger partial charge in [-0.25, -0.2) is 18.3 Å². The first kappa shape index (κ1) is 31.4. The van der Waals surface area contributed by atoms with Crippen LogP contribution in [0.5, 0.6) is 5.75 Å². The van der Waals surface area contributed by atoms with Crippen LogP contribution in [0.3, 0.4) is 0 Å². The van der Waals surface area contributed by atoms with Crippen molar-refractivity contribution in [2.24, 2.45) is 0 Å². The van der Waals surface area contributed by atoms with Crippen molar-refractivity contribution < 1.29 is 28.0 Å². The third-order valence-electron chi connectivity index (χ3n) is 8.08. The number of likely N-dealkylation sites (tertiary alicyclic amines) is 1. The summed E-state index contributed by atoms with van der Waals surface area (Å²) in [5.41, 5.74) is -0.299. The Bertz CT molecular complexity index is 1880. The molecular formula is C33H35F2N6O4+. The Morgan fingerprint density at radius 2 is 1.91 bits per heavy atom. The van der Waals surface area contributed by atoms with Crippen LogP contribution < -0.4 is 15.4 Å². The van der Waals surface area contributed by atoms with Gasteiger partial charge in [0.1, 0.15) is 17.3 Å². The van der Waals surface area contributed by atoms with Gasteiger partial charge in [0.2, 0.25) is 11.6 Å². The number of fused-ring (bicyclic) bond motifs is 1. The van der Waals surface area contributed by atoms with Gasteiger partial charge in [-0.1, -0.05) is 26.5 Å². The maximum atomic E-state index is 16.1. The number of amides is 2. The van der Waals surface area contributed by atoms with Crippen LogP contribution in [0.25, 0.3) is 28.1 Å². The summed E-state index contributed by atoms with van der Waals surface area (Å²) < 4.78 is 33.9. The van der Waals surface area contributed by atoms with Crippen molar-refractivity contribution in [2.45, 2.75) is 52.5 Å². The number of aryl methyl sites for hydroxylation is 1. The Hall–Kier alpha value is -5.00. The van der Waals surface area contributed by atoms with E-state index in [0.29, 0.717) is 42.9 Å². The first-order chi connectivity index (χ1) is 21.5. The van der Waals surface area contributed by atoms with Crippen LogP contribution in [-0.4, -0.2) is 56.0 Å². The smallest absolute Gasteiger partial charge is 0.337 e. The second-order valence-electron chi connectivity index (χ2n) is 11.3. The van der Waals surface area contributed by atoms with Crippen LogP contribution in [0.15, 0.2) is 54.0 Å². The molecule has 2 N–H and O–H groups in total. The van der Waals surface area contributed by atoms with Gasteiger partial charge in [-0.3, -0.25) is 19.4 Å². The third kappa shape index (κ3) is 5.56. The third-order valence-corrected chi connectivity index (χ3v) is 8.08. The Kier molecular flexibility index (Phi) is 8.76. The summed E-state index contributed by atoms with van der Waals surface area (Å²) in [6.07, 6.45) is 3.56. The van der Waals surface area contributed by atoms with E-state index in [2.05, 4.69) is 21.9 Å². The van der Waals surface area contributed by atoms with E-state index in [4.69, 9.17) is 0 Å². The minimum absolute atomic E-state index is 0.0466. The van der Waals surface area contributed by atoms with Crippen LogP contribution in [0.1, 0.15) is 67.3 Å². The number of carbonyl (C=O) groups excluding carboxylic acids is 2. The van der Waals surface area contributed by atoms with E-state index in [1.165, 1.54) is 27.3 Å². The fourth-order valence-electron chi connectivity index (χ4n) is 5.96. The van der Waals surface area contributed by atoms with Crippen LogP contribution >= 0.6 is 0 Å². The molecule has 0 radical (unpaired) electrons. The second kappa shape index (κ2) is 12.5. The van der Waals surface area contributed by atoms with Crippen molar-refractivity contribution in [1.29, 1.82) is 0 Å². The average molecular weight is 618 g/mol. The van der Waals surface area contributed by atoms with Gasteiger partial charge in [-0.15, -0.1) is 0 Å². The number of carbonyl (C=O) groups is 2. The number of hydrogen-bond acceptors (Lipinski definition) is 6. The number of phenols is 1. The van der Waals surface area contributed by atoms with E-state index in [9.17, 15) is 19.5 Å². The number of aromatic hydroxyl groups is 1. The molecule has 0 atom stereocenters. The molecule has 1 aromatic carbocycles. The molecule has 0 bridgehead atoms. The van der Waals surface area contributed by atoms with Crippen LogP contribution in [0.4, 0.5) is 8.78 Å². The molecule has 0 saturated carbocycles. The van der Waals surface area contributed by atoms with Gasteiger partial charge in [-0.2, -0.15) is 4.57 Å². The molecule has 2 amide bonds. The largest absolute Gasteiger partial charge is 0.507 e. The Balaban J connectivity index is 1.94. The summed E-state index contributed by atoms with van der Waals surface area (Å²) in [5.74, 6) is -3.45. The highest BCUT2D eigenvalue weighted by Gasteiger charge is 2.39. The summed E-state index contributed by atoms with van der Waals surface area (Å²) in [6.45, 7) is 11.7. The molecule has 10 nitrogen and oxygen atoms in total. The van der Waals surface area contributed by atoms with Gasteiger partial charge in [0.15, 0.2) is 11.9 Å². The zero-order valence-corrected chi connectivity index (χ0v) is 25.6. The van der Waals surface area contributed by atoms with Gasteiger partial charge in [0.05, 0.1) is 23.0 Å². The topological polar surface area (TPSA) is 121 Å². The van der Waals surface area contributed by atoms with Gasteiger partial charge >= 0.3 is 17.2 Å². The van der Waals surface area contributed by atoms with Crippen LogP contribution in [0, 0.1) is 18.6 Å². The lowest BCUT2D eigenvalue weighted by Crippen LogP contribution is -2.57. The lowest BCUT2D eigenvalue weighted by molar-refractivity contribution is -0.704. The minimum Gasteiger partial charge on any atom is -0.507 e. The Morgan fingerprint density at radius 3 is 2.53 bits per heavy atom. The molecule has 1 saturated heterocycles. The number of pyridine rings is 2.